The molecule has 2 heterocycles. The maximum Gasteiger partial charge on any atom is 0.308 e. The minimum Gasteiger partial charge on any atom is -0.427 e. The van der Waals surface area contributed by atoms with E-state index in [0.29, 0.717) is 16.4 Å². The summed E-state index contributed by atoms with van der Waals surface area (Å²) in [7, 11) is 0. The van der Waals surface area contributed by atoms with Gasteiger partial charge in [0.15, 0.2) is 0 Å². The molecule has 0 radical (unpaired) electrons. The third-order valence-corrected chi connectivity index (χ3v) is 3.47. The molecule has 1 aromatic carbocycles. The average Bonchev–Trinajstić information content (AvgIpc) is 2.95. The van der Waals surface area contributed by atoms with Crippen LogP contribution in [0.25, 0.3) is 17.1 Å². The van der Waals surface area contributed by atoms with E-state index in [4.69, 9.17) is 4.74 Å². The van der Waals surface area contributed by atoms with Crippen LogP contribution < -0.4 is 10.3 Å². The lowest BCUT2D eigenvalue weighted by Crippen LogP contribution is -2.13. The van der Waals surface area contributed by atoms with Gasteiger partial charge < -0.3 is 4.74 Å². The van der Waals surface area contributed by atoms with E-state index in [9.17, 15) is 9.59 Å². The molecule has 0 N–H and O–H groups in total. The second-order valence-corrected chi connectivity index (χ2v) is 5.26. The van der Waals surface area contributed by atoms with Gasteiger partial charge in [0.2, 0.25) is 4.96 Å². The van der Waals surface area contributed by atoms with Gasteiger partial charge in [0.25, 0.3) is 5.56 Å². The molecule has 2 aromatic heterocycles. The highest BCUT2D eigenvalue weighted by molar-refractivity contribution is 7.14. The SMILES string of the molecule is CC(=O)Oc1ccc(C=Cc2cc(=O)n3ncsc3n2)cc1. The quantitative estimate of drug-likeness (QED) is 0.548. The second-order valence-electron chi connectivity index (χ2n) is 4.45. The van der Waals surface area contributed by atoms with Gasteiger partial charge in [0.1, 0.15) is 11.3 Å². The minimum absolute atomic E-state index is 0.212. The van der Waals surface area contributed by atoms with Gasteiger partial charge in [-0.25, -0.2) is 4.98 Å². The standard InChI is InChI=1S/C15H11N3O3S/c1-10(19)21-13-6-3-11(4-7-13)2-5-12-8-14(20)18-15(17-12)22-9-16-18/h2-9H,1H3. The number of nitrogens with zero attached hydrogens (tertiary/aromatic N) is 3. The highest BCUT2D eigenvalue weighted by Gasteiger charge is 2.02. The molecule has 0 aliphatic rings. The summed E-state index contributed by atoms with van der Waals surface area (Å²) >= 11 is 1.30. The summed E-state index contributed by atoms with van der Waals surface area (Å²) in [5.74, 6) is 0.137. The Hall–Kier alpha value is -2.80. The lowest BCUT2D eigenvalue weighted by molar-refractivity contribution is -0.131. The maximum absolute atomic E-state index is 11.8. The number of carbonyl (C=O) groups excluding carboxylic acids is 1. The number of hydrogen-bond acceptors (Lipinski definition) is 6. The lowest BCUT2D eigenvalue weighted by atomic mass is 10.2. The molecule has 3 rings (SSSR count). The Labute approximate surface area is 129 Å². The second kappa shape index (κ2) is 5.90. The summed E-state index contributed by atoms with van der Waals surface area (Å²) in [6.45, 7) is 1.35. The summed E-state index contributed by atoms with van der Waals surface area (Å²) in [5, 5.41) is 3.91. The fourth-order valence-electron chi connectivity index (χ4n) is 1.85. The molecule has 0 saturated heterocycles. The highest BCUT2D eigenvalue weighted by Crippen LogP contribution is 2.14. The first kappa shape index (κ1) is 14.2. The molecular formula is C15H11N3O3S. The first-order valence-electron chi connectivity index (χ1n) is 6.42. The highest BCUT2D eigenvalue weighted by atomic mass is 32.1. The number of esters is 1. The van der Waals surface area contributed by atoms with Gasteiger partial charge in [-0.15, -0.1) is 0 Å². The molecule has 0 unspecified atom stereocenters. The van der Waals surface area contributed by atoms with Crippen LogP contribution in [0.4, 0.5) is 0 Å². The van der Waals surface area contributed by atoms with Crippen molar-refractivity contribution in [1.82, 2.24) is 14.6 Å². The van der Waals surface area contributed by atoms with E-state index < -0.39 is 0 Å². The van der Waals surface area contributed by atoms with E-state index in [2.05, 4.69) is 10.1 Å². The van der Waals surface area contributed by atoms with Crippen molar-refractivity contribution < 1.29 is 9.53 Å². The minimum atomic E-state index is -0.356. The van der Waals surface area contributed by atoms with Crippen LogP contribution in [0.1, 0.15) is 18.2 Å². The molecule has 0 aliphatic carbocycles. The van der Waals surface area contributed by atoms with E-state index in [1.807, 2.05) is 18.2 Å². The molecule has 22 heavy (non-hydrogen) atoms. The van der Waals surface area contributed by atoms with E-state index in [1.165, 1.54) is 28.8 Å². The number of hydrogen-bond donors (Lipinski definition) is 0. The van der Waals surface area contributed by atoms with E-state index in [0.717, 1.165) is 5.56 Å². The van der Waals surface area contributed by atoms with Gasteiger partial charge in [-0.1, -0.05) is 29.5 Å². The molecular weight excluding hydrogens is 302 g/mol. The molecule has 0 fully saturated rings. The molecule has 7 heteroatoms. The fraction of sp³-hybridized carbons (Fsp3) is 0.0667. The topological polar surface area (TPSA) is 73.6 Å². The van der Waals surface area contributed by atoms with Crippen molar-refractivity contribution in [2.45, 2.75) is 6.92 Å². The molecule has 0 bridgehead atoms. The molecule has 3 aromatic rings. The smallest absolute Gasteiger partial charge is 0.308 e. The zero-order valence-electron chi connectivity index (χ0n) is 11.6. The van der Waals surface area contributed by atoms with E-state index in [1.54, 1.807) is 23.7 Å². The molecule has 0 spiro atoms. The monoisotopic (exact) mass is 313 g/mol. The molecule has 0 aliphatic heterocycles. The van der Waals surface area contributed by atoms with Gasteiger partial charge in [-0.2, -0.15) is 9.61 Å². The van der Waals surface area contributed by atoms with Crippen LogP contribution in [0.5, 0.6) is 5.75 Å². The average molecular weight is 313 g/mol. The maximum atomic E-state index is 11.8. The Morgan fingerprint density at radius 1 is 1.27 bits per heavy atom. The van der Waals surface area contributed by atoms with Crippen LogP contribution >= 0.6 is 11.3 Å². The zero-order chi connectivity index (χ0) is 15.5. The van der Waals surface area contributed by atoms with Gasteiger partial charge in [0.05, 0.1) is 5.69 Å². The van der Waals surface area contributed by atoms with Crippen LogP contribution in [0, 0.1) is 0 Å². The normalized spacial score (nSPS) is 11.1. The van der Waals surface area contributed by atoms with Crippen molar-refractivity contribution in [2.75, 3.05) is 0 Å². The zero-order valence-corrected chi connectivity index (χ0v) is 12.4. The molecule has 0 saturated carbocycles. The van der Waals surface area contributed by atoms with Crippen LogP contribution in [-0.4, -0.2) is 20.6 Å². The van der Waals surface area contributed by atoms with Gasteiger partial charge >= 0.3 is 5.97 Å². The predicted molar refractivity (Wildman–Crippen MR) is 83.8 cm³/mol. The van der Waals surface area contributed by atoms with Crippen LogP contribution in [0.2, 0.25) is 0 Å². The summed E-state index contributed by atoms with van der Waals surface area (Å²) in [6.07, 6.45) is 3.58. The number of aromatic nitrogens is 3. The van der Waals surface area contributed by atoms with E-state index >= 15 is 0 Å². The Morgan fingerprint density at radius 2 is 2.05 bits per heavy atom. The van der Waals surface area contributed by atoms with Crippen LogP contribution in [0.3, 0.4) is 0 Å². The largest absolute Gasteiger partial charge is 0.427 e. The van der Waals surface area contributed by atoms with Gasteiger partial charge in [-0.3, -0.25) is 9.59 Å². The number of ether oxygens (including phenoxy) is 1. The third kappa shape index (κ3) is 3.09. The Morgan fingerprint density at radius 3 is 2.77 bits per heavy atom. The fourth-order valence-corrected chi connectivity index (χ4v) is 2.48. The first-order chi connectivity index (χ1) is 10.6. The number of fused-ring (bicyclic) bond motifs is 1. The Kier molecular flexibility index (Phi) is 3.80. The van der Waals surface area contributed by atoms with Crippen molar-refractivity contribution in [3.63, 3.8) is 0 Å². The molecule has 0 atom stereocenters. The van der Waals surface area contributed by atoms with Crippen molar-refractivity contribution in [3.8, 4) is 5.75 Å². The first-order valence-corrected chi connectivity index (χ1v) is 7.30. The molecule has 0 amide bonds. The number of benzene rings is 1. The van der Waals surface area contributed by atoms with Crippen molar-refractivity contribution in [3.05, 3.63) is 57.5 Å². The molecule has 110 valence electrons. The summed E-state index contributed by atoms with van der Waals surface area (Å²) in [6, 6.07) is 8.46. The van der Waals surface area contributed by atoms with Crippen molar-refractivity contribution in [2.24, 2.45) is 0 Å². The Balaban J connectivity index is 1.83. The number of carbonyl (C=O) groups is 1. The van der Waals surface area contributed by atoms with Gasteiger partial charge in [-0.05, 0) is 23.8 Å². The summed E-state index contributed by atoms with van der Waals surface area (Å²) in [4.78, 5) is 27.5. The van der Waals surface area contributed by atoms with Crippen LogP contribution in [-0.2, 0) is 4.79 Å². The Bertz CT molecular complexity index is 910. The van der Waals surface area contributed by atoms with E-state index in [-0.39, 0.29) is 11.5 Å². The van der Waals surface area contributed by atoms with Crippen LogP contribution in [0.15, 0.2) is 40.6 Å². The van der Waals surface area contributed by atoms with Crippen molar-refractivity contribution >= 4 is 34.4 Å². The predicted octanol–water partition coefficient (Wildman–Crippen LogP) is 2.25. The van der Waals surface area contributed by atoms with Crippen molar-refractivity contribution in [1.29, 1.82) is 0 Å². The summed E-state index contributed by atoms with van der Waals surface area (Å²) in [5.41, 5.74) is 2.84. The van der Waals surface area contributed by atoms with Gasteiger partial charge in [0, 0.05) is 13.0 Å². The lowest BCUT2D eigenvalue weighted by Gasteiger charge is -2.00. The third-order valence-electron chi connectivity index (χ3n) is 2.79. The number of rotatable bonds is 3. The summed E-state index contributed by atoms with van der Waals surface area (Å²) < 4.78 is 6.22. The molecule has 6 nitrogen and oxygen atoms in total.